The number of anilines is 3. The first kappa shape index (κ1) is 22.1. The van der Waals surface area contributed by atoms with E-state index in [1.807, 2.05) is 49.0 Å². The van der Waals surface area contributed by atoms with E-state index in [9.17, 15) is 9.90 Å². The second kappa shape index (κ2) is 9.30. The summed E-state index contributed by atoms with van der Waals surface area (Å²) in [5.74, 6) is 2.23. The number of fused-ring (bicyclic) bond motifs is 1. The number of aryl methyl sites for hydroxylation is 1. The van der Waals surface area contributed by atoms with Crippen molar-refractivity contribution in [1.29, 1.82) is 0 Å². The average Bonchev–Trinajstić information content (AvgIpc) is 3.29. The van der Waals surface area contributed by atoms with Gasteiger partial charge in [-0.1, -0.05) is 0 Å². The average molecular weight is 464 g/mol. The maximum Gasteiger partial charge on any atom is 0.407 e. The van der Waals surface area contributed by atoms with E-state index in [4.69, 9.17) is 14.7 Å². The highest BCUT2D eigenvalue weighted by Gasteiger charge is 2.29. The number of hydrogen-bond acceptors (Lipinski definition) is 7. The van der Waals surface area contributed by atoms with Crippen molar-refractivity contribution in [3.8, 4) is 5.69 Å². The van der Waals surface area contributed by atoms with Gasteiger partial charge in [-0.2, -0.15) is 4.98 Å². The standard InChI is InChI=1S/C24H29N7O3/c1-16-25-10-12-31(16)19-5-3-17(4-6-19)26-23-27-21-7-11-30(24(32)33)15-20(21)22(28-23)29(2)18-8-13-34-14-9-18/h3-6,10,12,18H,7-9,11,13-15H2,1-2H3,(H,32,33)(H,26,27,28). The molecule has 0 bridgehead atoms. The zero-order chi connectivity index (χ0) is 23.7. The van der Waals surface area contributed by atoms with E-state index in [1.54, 1.807) is 6.20 Å². The van der Waals surface area contributed by atoms with Crippen LogP contribution in [0.15, 0.2) is 36.7 Å². The van der Waals surface area contributed by atoms with Gasteiger partial charge >= 0.3 is 6.09 Å². The van der Waals surface area contributed by atoms with Crippen LogP contribution in [0.2, 0.25) is 0 Å². The van der Waals surface area contributed by atoms with Crippen LogP contribution in [0.5, 0.6) is 0 Å². The van der Waals surface area contributed by atoms with Crippen molar-refractivity contribution < 1.29 is 14.6 Å². The van der Waals surface area contributed by atoms with Crippen LogP contribution in [-0.2, 0) is 17.7 Å². The molecule has 3 aromatic rings. The van der Waals surface area contributed by atoms with Crippen LogP contribution >= 0.6 is 0 Å². The molecule has 0 spiro atoms. The Kier molecular flexibility index (Phi) is 6.06. The molecule has 2 aliphatic heterocycles. The normalized spacial score (nSPS) is 16.2. The third kappa shape index (κ3) is 4.41. The van der Waals surface area contributed by atoms with E-state index in [-0.39, 0.29) is 0 Å². The van der Waals surface area contributed by atoms with E-state index in [1.165, 1.54) is 4.90 Å². The molecule has 34 heavy (non-hydrogen) atoms. The highest BCUT2D eigenvalue weighted by atomic mass is 16.5. The largest absolute Gasteiger partial charge is 0.465 e. The van der Waals surface area contributed by atoms with Crippen molar-refractivity contribution in [2.45, 2.75) is 38.8 Å². The predicted octanol–water partition coefficient (Wildman–Crippen LogP) is 3.37. The topological polar surface area (TPSA) is 109 Å². The monoisotopic (exact) mass is 463 g/mol. The molecule has 0 unspecified atom stereocenters. The Morgan fingerprint density at radius 1 is 1.21 bits per heavy atom. The van der Waals surface area contributed by atoms with E-state index < -0.39 is 6.09 Å². The molecule has 178 valence electrons. The number of benzene rings is 1. The molecule has 1 saturated heterocycles. The zero-order valence-electron chi connectivity index (χ0n) is 19.4. The number of carbonyl (C=O) groups is 1. The lowest BCUT2D eigenvalue weighted by molar-refractivity contribution is 0.0853. The molecular formula is C24H29N7O3. The maximum atomic E-state index is 11.6. The quantitative estimate of drug-likeness (QED) is 0.593. The fourth-order valence-electron chi connectivity index (χ4n) is 4.64. The summed E-state index contributed by atoms with van der Waals surface area (Å²) in [4.78, 5) is 29.1. The molecule has 1 amide bonds. The summed E-state index contributed by atoms with van der Waals surface area (Å²) >= 11 is 0. The lowest BCUT2D eigenvalue weighted by Gasteiger charge is -2.35. The van der Waals surface area contributed by atoms with Crippen LogP contribution in [0, 0.1) is 6.92 Å². The molecule has 2 aromatic heterocycles. The number of nitrogens with one attached hydrogen (secondary N) is 1. The minimum atomic E-state index is -0.916. The summed E-state index contributed by atoms with van der Waals surface area (Å²) in [7, 11) is 2.03. The lowest BCUT2D eigenvalue weighted by atomic mass is 10.0. The van der Waals surface area contributed by atoms with E-state index in [0.29, 0.717) is 31.5 Å². The Morgan fingerprint density at radius 2 is 1.97 bits per heavy atom. The van der Waals surface area contributed by atoms with E-state index in [0.717, 1.165) is 60.3 Å². The SMILES string of the molecule is Cc1nccn1-c1ccc(Nc2nc3c(c(N(C)C4CCOCC4)n2)CN(C(=O)O)CC3)cc1. The summed E-state index contributed by atoms with van der Waals surface area (Å²) in [5, 5.41) is 12.9. The third-order valence-electron chi connectivity index (χ3n) is 6.61. The maximum absolute atomic E-state index is 11.6. The van der Waals surface area contributed by atoms with Gasteiger partial charge in [-0.25, -0.2) is 14.8 Å². The number of carboxylic acid groups (broad SMARTS) is 1. The van der Waals surface area contributed by atoms with Gasteiger partial charge in [0.2, 0.25) is 5.95 Å². The molecule has 2 N–H and O–H groups in total. The van der Waals surface area contributed by atoms with E-state index in [2.05, 4.69) is 15.2 Å². The van der Waals surface area contributed by atoms with Crippen LogP contribution < -0.4 is 10.2 Å². The van der Waals surface area contributed by atoms with Gasteiger partial charge in [0, 0.05) is 68.6 Å². The van der Waals surface area contributed by atoms with Gasteiger partial charge in [-0.05, 0) is 44.0 Å². The number of rotatable bonds is 5. The van der Waals surface area contributed by atoms with E-state index >= 15 is 0 Å². The van der Waals surface area contributed by atoms with Gasteiger partial charge in [0.15, 0.2) is 0 Å². The van der Waals surface area contributed by atoms with Gasteiger partial charge in [-0.3, -0.25) is 0 Å². The first-order valence-corrected chi connectivity index (χ1v) is 11.6. The van der Waals surface area contributed by atoms with Gasteiger partial charge in [0.05, 0.1) is 12.2 Å². The Hall–Kier alpha value is -3.66. The minimum absolute atomic E-state index is 0.290. The third-order valence-corrected chi connectivity index (χ3v) is 6.61. The number of aromatic nitrogens is 4. The molecule has 1 aromatic carbocycles. The van der Waals surface area contributed by atoms with Gasteiger partial charge < -0.3 is 29.5 Å². The Bertz CT molecular complexity index is 1170. The van der Waals surface area contributed by atoms with Crippen molar-refractivity contribution in [3.05, 3.63) is 53.7 Å². The first-order valence-electron chi connectivity index (χ1n) is 11.6. The number of hydrogen-bond donors (Lipinski definition) is 2. The number of nitrogens with zero attached hydrogens (tertiary/aromatic N) is 6. The minimum Gasteiger partial charge on any atom is -0.465 e. The number of amides is 1. The van der Waals surface area contributed by atoms with Crippen molar-refractivity contribution >= 4 is 23.5 Å². The summed E-state index contributed by atoms with van der Waals surface area (Å²) in [6.07, 6.45) is 5.19. The first-order chi connectivity index (χ1) is 16.5. The zero-order valence-corrected chi connectivity index (χ0v) is 19.4. The van der Waals surface area contributed by atoms with Crippen LogP contribution in [0.25, 0.3) is 5.69 Å². The summed E-state index contributed by atoms with van der Waals surface area (Å²) in [6, 6.07) is 8.32. The van der Waals surface area contributed by atoms with Crippen LogP contribution in [0.3, 0.4) is 0 Å². The predicted molar refractivity (Wildman–Crippen MR) is 128 cm³/mol. The number of imidazole rings is 1. The highest BCUT2D eigenvalue weighted by molar-refractivity contribution is 5.67. The molecule has 10 nitrogen and oxygen atoms in total. The molecule has 10 heteroatoms. The summed E-state index contributed by atoms with van der Waals surface area (Å²) in [5.41, 5.74) is 3.69. The molecule has 0 atom stereocenters. The molecule has 0 radical (unpaired) electrons. The van der Waals surface area contributed by atoms with Crippen LogP contribution in [-0.4, -0.2) is 68.5 Å². The van der Waals surface area contributed by atoms with Gasteiger partial charge in [0.25, 0.3) is 0 Å². The second-order valence-electron chi connectivity index (χ2n) is 8.72. The van der Waals surface area contributed by atoms with Crippen LogP contribution in [0.4, 0.5) is 22.2 Å². The van der Waals surface area contributed by atoms with Crippen molar-refractivity contribution in [2.24, 2.45) is 0 Å². The fourth-order valence-corrected chi connectivity index (χ4v) is 4.64. The van der Waals surface area contributed by atoms with Crippen molar-refractivity contribution in [2.75, 3.05) is 37.0 Å². The Labute approximate surface area is 198 Å². The molecular weight excluding hydrogens is 434 g/mol. The molecule has 1 fully saturated rings. The van der Waals surface area contributed by atoms with Gasteiger partial charge in [0.1, 0.15) is 11.6 Å². The Balaban J connectivity index is 1.44. The molecule has 0 aliphatic carbocycles. The van der Waals surface area contributed by atoms with Crippen molar-refractivity contribution in [3.63, 3.8) is 0 Å². The summed E-state index contributed by atoms with van der Waals surface area (Å²) < 4.78 is 7.55. The molecule has 4 heterocycles. The molecule has 0 saturated carbocycles. The number of ether oxygens (including phenoxy) is 1. The highest BCUT2D eigenvalue weighted by Crippen LogP contribution is 2.31. The van der Waals surface area contributed by atoms with Crippen molar-refractivity contribution in [1.82, 2.24) is 24.4 Å². The summed E-state index contributed by atoms with van der Waals surface area (Å²) in [6.45, 7) is 4.13. The molecule has 2 aliphatic rings. The Morgan fingerprint density at radius 3 is 2.65 bits per heavy atom. The van der Waals surface area contributed by atoms with Gasteiger partial charge in [-0.15, -0.1) is 0 Å². The fraction of sp³-hybridized carbons (Fsp3) is 0.417. The lowest BCUT2D eigenvalue weighted by Crippen LogP contribution is -2.40. The molecule has 5 rings (SSSR count). The van der Waals surface area contributed by atoms with Crippen LogP contribution in [0.1, 0.15) is 29.9 Å². The smallest absolute Gasteiger partial charge is 0.407 e. The second-order valence-corrected chi connectivity index (χ2v) is 8.72.